The number of rotatable bonds is 3. The van der Waals surface area contributed by atoms with Crippen molar-refractivity contribution in [3.8, 4) is 0 Å². The summed E-state index contributed by atoms with van der Waals surface area (Å²) in [6.07, 6.45) is 7.48. The Balaban J connectivity index is 1.34. The minimum absolute atomic E-state index is 0.00546. The Kier molecular flexibility index (Phi) is 2.93. The van der Waals surface area contributed by atoms with Gasteiger partial charge in [0.1, 0.15) is 6.10 Å². The number of fused-ring (bicyclic) bond motifs is 3. The van der Waals surface area contributed by atoms with Gasteiger partial charge in [0.25, 0.3) is 0 Å². The molecule has 3 heteroatoms. The van der Waals surface area contributed by atoms with Crippen molar-refractivity contribution in [2.24, 2.45) is 29.1 Å². The van der Waals surface area contributed by atoms with Gasteiger partial charge in [0, 0.05) is 24.4 Å². The van der Waals surface area contributed by atoms with Crippen molar-refractivity contribution in [2.75, 3.05) is 6.61 Å². The molecule has 1 saturated heterocycles. The fourth-order valence-electron chi connectivity index (χ4n) is 5.55. The summed E-state index contributed by atoms with van der Waals surface area (Å²) in [6, 6.07) is 0. The van der Waals surface area contributed by atoms with Crippen LogP contribution < -0.4 is 0 Å². The average molecular weight is 278 g/mol. The van der Waals surface area contributed by atoms with Gasteiger partial charge >= 0.3 is 5.97 Å². The number of hydrogen-bond donors (Lipinski definition) is 0. The number of hydrogen-bond acceptors (Lipinski definition) is 3. The molecule has 0 N–H and O–H groups in total. The topological polar surface area (TPSA) is 35.5 Å². The molecule has 0 aromatic heterocycles. The molecule has 2 bridgehead atoms. The number of carbonyl (C=O) groups excluding carboxylic acids is 1. The third-order valence-electron chi connectivity index (χ3n) is 6.56. The molecule has 1 heterocycles. The fraction of sp³-hybridized carbons (Fsp3) is 0.941. The van der Waals surface area contributed by atoms with E-state index in [4.69, 9.17) is 9.47 Å². The van der Waals surface area contributed by atoms with Crippen LogP contribution in [0.1, 0.15) is 52.4 Å². The highest BCUT2D eigenvalue weighted by molar-refractivity contribution is 5.70. The Hall–Kier alpha value is -0.570. The van der Waals surface area contributed by atoms with Gasteiger partial charge in [-0.15, -0.1) is 0 Å². The first-order valence-electron chi connectivity index (χ1n) is 8.37. The fourth-order valence-corrected chi connectivity index (χ4v) is 5.55. The van der Waals surface area contributed by atoms with Gasteiger partial charge < -0.3 is 9.47 Å². The van der Waals surface area contributed by atoms with Gasteiger partial charge in [-0.2, -0.15) is 0 Å². The average Bonchev–Trinajstić information content (AvgIpc) is 3.11. The molecule has 0 amide bonds. The Morgan fingerprint density at radius 1 is 1.25 bits per heavy atom. The van der Waals surface area contributed by atoms with E-state index in [0.717, 1.165) is 24.9 Å². The third-order valence-corrected chi connectivity index (χ3v) is 6.56. The molecule has 4 rings (SSSR count). The molecule has 112 valence electrons. The molecule has 6 atom stereocenters. The highest BCUT2D eigenvalue weighted by atomic mass is 16.6. The molecule has 0 spiro atoms. The Morgan fingerprint density at radius 3 is 2.80 bits per heavy atom. The van der Waals surface area contributed by atoms with Crippen molar-refractivity contribution < 1.29 is 14.3 Å². The molecule has 0 radical (unpaired) electrons. The normalized spacial score (nSPS) is 47.9. The maximum Gasteiger partial charge on any atom is 0.306 e. The van der Waals surface area contributed by atoms with Crippen molar-refractivity contribution in [1.29, 1.82) is 0 Å². The second-order valence-electron chi connectivity index (χ2n) is 8.11. The summed E-state index contributed by atoms with van der Waals surface area (Å²) in [5.41, 5.74) is 0.00546. The van der Waals surface area contributed by atoms with Crippen LogP contribution in [0.25, 0.3) is 0 Å². The molecule has 0 aromatic carbocycles. The second-order valence-corrected chi connectivity index (χ2v) is 8.11. The summed E-state index contributed by atoms with van der Waals surface area (Å²) in [7, 11) is 0. The van der Waals surface area contributed by atoms with Gasteiger partial charge in [-0.3, -0.25) is 4.79 Å². The molecule has 4 aliphatic rings. The van der Waals surface area contributed by atoms with Crippen LogP contribution in [0.15, 0.2) is 0 Å². The monoisotopic (exact) mass is 278 g/mol. The number of ether oxygens (including phenoxy) is 2. The lowest BCUT2D eigenvalue weighted by molar-refractivity contribution is -0.210. The van der Waals surface area contributed by atoms with Crippen LogP contribution in [0.4, 0.5) is 0 Å². The molecule has 0 unspecified atom stereocenters. The summed E-state index contributed by atoms with van der Waals surface area (Å²) in [6.45, 7) is 5.18. The van der Waals surface area contributed by atoms with Gasteiger partial charge in [0.2, 0.25) is 0 Å². The highest BCUT2D eigenvalue weighted by Gasteiger charge is 2.61. The molecular formula is C17H26O3. The van der Waals surface area contributed by atoms with Gasteiger partial charge in [-0.25, -0.2) is 0 Å². The first kappa shape index (κ1) is 13.1. The van der Waals surface area contributed by atoms with Gasteiger partial charge in [-0.05, 0) is 43.4 Å². The Bertz CT molecular complexity index is 416. The van der Waals surface area contributed by atoms with Crippen molar-refractivity contribution in [3.63, 3.8) is 0 Å². The van der Waals surface area contributed by atoms with Gasteiger partial charge in [0.15, 0.2) is 0 Å². The van der Waals surface area contributed by atoms with E-state index in [9.17, 15) is 4.79 Å². The Labute approximate surface area is 121 Å². The smallest absolute Gasteiger partial charge is 0.306 e. The van der Waals surface area contributed by atoms with E-state index < -0.39 is 0 Å². The lowest BCUT2D eigenvalue weighted by Gasteiger charge is -2.53. The SMILES string of the molecule is CC1(C)[C@@H]2OCC[C@@H]2[C@H]1OC(=O)C[C@@H]1C[C@H]2CC[C@H]1C2. The van der Waals surface area contributed by atoms with Crippen LogP contribution in [0, 0.1) is 29.1 Å². The summed E-state index contributed by atoms with van der Waals surface area (Å²) in [4.78, 5) is 12.3. The largest absolute Gasteiger partial charge is 0.461 e. The summed E-state index contributed by atoms with van der Waals surface area (Å²) < 4.78 is 11.6. The van der Waals surface area contributed by atoms with Crippen LogP contribution in [0.3, 0.4) is 0 Å². The van der Waals surface area contributed by atoms with Crippen molar-refractivity contribution >= 4 is 5.97 Å². The first-order chi connectivity index (χ1) is 9.55. The molecule has 3 nitrogen and oxygen atoms in total. The first-order valence-corrected chi connectivity index (χ1v) is 8.37. The lowest BCUT2D eigenvalue weighted by Crippen LogP contribution is -2.61. The predicted octanol–water partition coefficient (Wildman–Crippen LogP) is 3.17. The summed E-state index contributed by atoms with van der Waals surface area (Å²) >= 11 is 0. The highest BCUT2D eigenvalue weighted by Crippen LogP contribution is 2.54. The summed E-state index contributed by atoms with van der Waals surface area (Å²) in [5.74, 6) is 2.83. The predicted molar refractivity (Wildman–Crippen MR) is 75.1 cm³/mol. The zero-order valence-electron chi connectivity index (χ0n) is 12.6. The molecule has 20 heavy (non-hydrogen) atoms. The van der Waals surface area contributed by atoms with E-state index >= 15 is 0 Å². The second kappa shape index (κ2) is 4.46. The quantitative estimate of drug-likeness (QED) is 0.744. The third kappa shape index (κ3) is 1.85. The van der Waals surface area contributed by atoms with E-state index in [1.54, 1.807) is 0 Å². The standard InChI is InChI=1S/C17H26O3/c1-17(2)15-13(5-6-19-15)16(17)20-14(18)9-12-8-10-3-4-11(12)7-10/h10-13,15-16H,3-9H2,1-2H3/t10-,11-,12-,13-,15+,16+/m0/s1. The summed E-state index contributed by atoms with van der Waals surface area (Å²) in [5, 5.41) is 0. The molecular weight excluding hydrogens is 252 g/mol. The lowest BCUT2D eigenvalue weighted by atomic mass is 9.59. The van der Waals surface area contributed by atoms with Gasteiger partial charge in [0.05, 0.1) is 6.10 Å². The minimum atomic E-state index is 0.00546. The van der Waals surface area contributed by atoms with Crippen molar-refractivity contribution in [2.45, 2.75) is 64.6 Å². The molecule has 4 fully saturated rings. The van der Waals surface area contributed by atoms with Crippen LogP contribution >= 0.6 is 0 Å². The maximum atomic E-state index is 12.3. The molecule has 0 aromatic rings. The van der Waals surface area contributed by atoms with Gasteiger partial charge in [-0.1, -0.05) is 20.3 Å². The molecule has 3 aliphatic carbocycles. The zero-order chi connectivity index (χ0) is 13.9. The number of carbonyl (C=O) groups is 1. The van der Waals surface area contributed by atoms with Crippen molar-refractivity contribution in [1.82, 2.24) is 0 Å². The van der Waals surface area contributed by atoms with Crippen molar-refractivity contribution in [3.05, 3.63) is 0 Å². The van der Waals surface area contributed by atoms with E-state index in [1.807, 2.05) is 0 Å². The van der Waals surface area contributed by atoms with Crippen LogP contribution in [0.5, 0.6) is 0 Å². The van der Waals surface area contributed by atoms with Crippen LogP contribution in [0.2, 0.25) is 0 Å². The molecule has 3 saturated carbocycles. The molecule has 1 aliphatic heterocycles. The van der Waals surface area contributed by atoms with E-state index in [0.29, 0.717) is 24.4 Å². The van der Waals surface area contributed by atoms with Crippen LogP contribution in [-0.2, 0) is 14.3 Å². The number of esters is 1. The maximum absolute atomic E-state index is 12.3. The van der Waals surface area contributed by atoms with E-state index in [1.165, 1.54) is 25.7 Å². The van der Waals surface area contributed by atoms with E-state index in [-0.39, 0.29) is 17.5 Å². The van der Waals surface area contributed by atoms with Crippen LogP contribution in [-0.4, -0.2) is 24.8 Å². The Morgan fingerprint density at radius 2 is 2.10 bits per heavy atom. The zero-order valence-corrected chi connectivity index (χ0v) is 12.6. The van der Waals surface area contributed by atoms with E-state index in [2.05, 4.69) is 13.8 Å². The minimum Gasteiger partial charge on any atom is -0.461 e.